The minimum absolute atomic E-state index is 0.220. The third-order valence-electron chi connectivity index (χ3n) is 4.85. The van der Waals surface area contributed by atoms with Crippen LogP contribution in [0.4, 0.5) is 0 Å². The van der Waals surface area contributed by atoms with E-state index in [9.17, 15) is 0 Å². The normalized spacial score (nSPS) is 46.7. The summed E-state index contributed by atoms with van der Waals surface area (Å²) in [6.07, 6.45) is 3.75. The van der Waals surface area contributed by atoms with E-state index in [-0.39, 0.29) is 5.60 Å². The van der Waals surface area contributed by atoms with E-state index < -0.39 is 0 Å². The van der Waals surface area contributed by atoms with Gasteiger partial charge in [0.2, 0.25) is 0 Å². The van der Waals surface area contributed by atoms with Gasteiger partial charge in [-0.25, -0.2) is 0 Å². The molecule has 4 atom stereocenters. The molecule has 1 N–H and O–H groups in total. The maximum atomic E-state index is 6.15. The fourth-order valence-electron chi connectivity index (χ4n) is 3.99. The molecule has 0 aliphatic carbocycles. The number of nitrogens with one attached hydrogen (secondary N) is 1. The Morgan fingerprint density at radius 2 is 2.06 bits per heavy atom. The molecular weight excluding hydrogens is 244 g/mol. The Kier molecular flexibility index (Phi) is 3.90. The minimum Gasteiger partial charge on any atom is -0.374 e. The quantitative estimate of drug-likeness (QED) is 0.784. The molecule has 1 spiro atoms. The summed E-state index contributed by atoms with van der Waals surface area (Å²) in [4.78, 5) is 2.77. The number of hydrogen-bond acceptors (Lipinski definition) is 4. The monoisotopic (exact) mass is 270 g/mol. The molecule has 0 aromatic carbocycles. The summed E-state index contributed by atoms with van der Waals surface area (Å²) in [5, 5.41) is 3.54. The maximum Gasteiger partial charge on any atom is 0.0795 e. The van der Waals surface area contributed by atoms with Gasteiger partial charge in [0.15, 0.2) is 0 Å². The Labute approximate surface area is 115 Å². The third-order valence-corrected chi connectivity index (χ3v) is 6.08. The average molecular weight is 270 g/mol. The van der Waals surface area contributed by atoms with E-state index in [0.29, 0.717) is 12.1 Å². The van der Waals surface area contributed by atoms with Crippen molar-refractivity contribution in [3.63, 3.8) is 0 Å². The van der Waals surface area contributed by atoms with Gasteiger partial charge in [-0.15, -0.1) is 0 Å². The minimum atomic E-state index is 0.220. The molecule has 0 aromatic heterocycles. The first-order chi connectivity index (χ1) is 8.70. The number of ether oxygens (including phenoxy) is 1. The molecule has 0 aromatic rings. The molecule has 3 heterocycles. The van der Waals surface area contributed by atoms with Crippen molar-refractivity contribution in [2.45, 2.75) is 56.8 Å². The van der Waals surface area contributed by atoms with Crippen molar-refractivity contribution in [3.05, 3.63) is 0 Å². The van der Waals surface area contributed by atoms with Gasteiger partial charge in [-0.3, -0.25) is 4.90 Å². The summed E-state index contributed by atoms with van der Waals surface area (Å²) >= 11 is 2.07. The summed E-state index contributed by atoms with van der Waals surface area (Å²) < 4.78 is 6.15. The molecule has 3 aliphatic rings. The zero-order valence-electron chi connectivity index (χ0n) is 11.7. The number of rotatable bonds is 1. The van der Waals surface area contributed by atoms with Crippen LogP contribution in [0.5, 0.6) is 0 Å². The zero-order chi connectivity index (χ0) is 12.6. The highest BCUT2D eigenvalue weighted by Crippen LogP contribution is 2.40. The van der Waals surface area contributed by atoms with Crippen molar-refractivity contribution in [2.75, 3.05) is 31.2 Å². The molecular formula is C14H26N2OS. The Morgan fingerprint density at radius 1 is 1.28 bits per heavy atom. The number of hydrogen-bond donors (Lipinski definition) is 1. The lowest BCUT2D eigenvalue weighted by molar-refractivity contribution is -0.103. The van der Waals surface area contributed by atoms with E-state index in [1.54, 1.807) is 0 Å². The molecule has 4 heteroatoms. The van der Waals surface area contributed by atoms with E-state index in [1.807, 2.05) is 0 Å². The van der Waals surface area contributed by atoms with Crippen molar-refractivity contribution in [1.82, 2.24) is 10.2 Å². The van der Waals surface area contributed by atoms with E-state index in [2.05, 4.69) is 35.8 Å². The standard InChI is InChI=1S/C14H26N2OS/c1-11-8-15-9-12(2)16(11)13-3-5-17-14(7-13)4-6-18-10-14/h11-13,15H,3-10H2,1-2H3. The molecule has 0 saturated carbocycles. The highest BCUT2D eigenvalue weighted by atomic mass is 32.2. The van der Waals surface area contributed by atoms with Crippen LogP contribution >= 0.6 is 11.8 Å². The summed E-state index contributed by atoms with van der Waals surface area (Å²) in [5.74, 6) is 2.51. The van der Waals surface area contributed by atoms with Crippen LogP contribution in [0, 0.1) is 0 Å². The summed E-state index contributed by atoms with van der Waals surface area (Å²) in [6.45, 7) is 7.99. The zero-order valence-corrected chi connectivity index (χ0v) is 12.5. The smallest absolute Gasteiger partial charge is 0.0795 e. The van der Waals surface area contributed by atoms with Crippen molar-refractivity contribution < 1.29 is 4.74 Å². The van der Waals surface area contributed by atoms with Crippen LogP contribution in [-0.4, -0.2) is 59.8 Å². The second-order valence-electron chi connectivity index (χ2n) is 6.28. The molecule has 18 heavy (non-hydrogen) atoms. The summed E-state index contributed by atoms with van der Waals surface area (Å²) in [6, 6.07) is 2.08. The molecule has 3 saturated heterocycles. The third kappa shape index (κ3) is 2.45. The Hall–Kier alpha value is 0.230. The van der Waals surface area contributed by atoms with Gasteiger partial charge >= 0.3 is 0 Å². The van der Waals surface area contributed by atoms with Crippen LogP contribution < -0.4 is 5.32 Å². The molecule has 0 bridgehead atoms. The average Bonchev–Trinajstić information content (AvgIpc) is 2.77. The number of nitrogens with zero attached hydrogens (tertiary/aromatic N) is 1. The first-order valence-electron chi connectivity index (χ1n) is 7.40. The van der Waals surface area contributed by atoms with E-state index in [0.717, 1.165) is 25.7 Å². The Balaban J connectivity index is 1.70. The van der Waals surface area contributed by atoms with E-state index >= 15 is 0 Å². The molecule has 3 rings (SSSR count). The van der Waals surface area contributed by atoms with Crippen LogP contribution in [0.2, 0.25) is 0 Å². The van der Waals surface area contributed by atoms with Crippen molar-refractivity contribution in [1.29, 1.82) is 0 Å². The SMILES string of the molecule is CC1CNCC(C)N1C1CCOC2(CCSC2)C1. The second-order valence-corrected chi connectivity index (χ2v) is 7.39. The van der Waals surface area contributed by atoms with Crippen molar-refractivity contribution >= 4 is 11.8 Å². The first-order valence-corrected chi connectivity index (χ1v) is 8.55. The molecule has 3 fully saturated rings. The van der Waals surface area contributed by atoms with Crippen LogP contribution in [-0.2, 0) is 4.74 Å². The van der Waals surface area contributed by atoms with Gasteiger partial charge in [-0.1, -0.05) is 0 Å². The van der Waals surface area contributed by atoms with Crippen LogP contribution in [0.25, 0.3) is 0 Å². The van der Waals surface area contributed by atoms with E-state index in [1.165, 1.54) is 30.8 Å². The molecule has 0 amide bonds. The van der Waals surface area contributed by atoms with Crippen LogP contribution in [0.15, 0.2) is 0 Å². The van der Waals surface area contributed by atoms with Gasteiger partial charge in [0, 0.05) is 43.6 Å². The van der Waals surface area contributed by atoms with Crippen molar-refractivity contribution in [2.24, 2.45) is 0 Å². The van der Waals surface area contributed by atoms with Gasteiger partial charge in [0.1, 0.15) is 0 Å². The highest BCUT2D eigenvalue weighted by Gasteiger charge is 2.44. The van der Waals surface area contributed by atoms with Gasteiger partial charge in [0.05, 0.1) is 5.60 Å². The topological polar surface area (TPSA) is 24.5 Å². The van der Waals surface area contributed by atoms with Crippen LogP contribution in [0.1, 0.15) is 33.1 Å². The fraction of sp³-hybridized carbons (Fsp3) is 1.00. The van der Waals surface area contributed by atoms with Crippen LogP contribution in [0.3, 0.4) is 0 Å². The molecule has 0 radical (unpaired) electrons. The van der Waals surface area contributed by atoms with Gasteiger partial charge in [-0.2, -0.15) is 11.8 Å². The Bertz CT molecular complexity index is 284. The lowest BCUT2D eigenvalue weighted by Gasteiger charge is -2.49. The van der Waals surface area contributed by atoms with Crippen molar-refractivity contribution in [3.8, 4) is 0 Å². The van der Waals surface area contributed by atoms with Gasteiger partial charge < -0.3 is 10.1 Å². The molecule has 3 nitrogen and oxygen atoms in total. The lowest BCUT2D eigenvalue weighted by Crippen LogP contribution is -2.61. The maximum absolute atomic E-state index is 6.15. The number of thioether (sulfide) groups is 1. The highest BCUT2D eigenvalue weighted by molar-refractivity contribution is 7.99. The predicted octanol–water partition coefficient (Wildman–Crippen LogP) is 1.72. The predicted molar refractivity (Wildman–Crippen MR) is 77.3 cm³/mol. The van der Waals surface area contributed by atoms with Gasteiger partial charge in [0.25, 0.3) is 0 Å². The lowest BCUT2D eigenvalue weighted by atomic mass is 9.87. The molecule has 104 valence electrons. The second kappa shape index (κ2) is 5.31. The first kappa shape index (κ1) is 13.2. The Morgan fingerprint density at radius 3 is 2.72 bits per heavy atom. The molecule has 4 unspecified atom stereocenters. The van der Waals surface area contributed by atoms with Gasteiger partial charge in [-0.05, 0) is 38.9 Å². The van der Waals surface area contributed by atoms with E-state index in [4.69, 9.17) is 4.74 Å². The largest absolute Gasteiger partial charge is 0.374 e. The molecule has 3 aliphatic heterocycles. The fourth-order valence-corrected chi connectivity index (χ4v) is 5.36. The summed E-state index contributed by atoms with van der Waals surface area (Å²) in [5.41, 5.74) is 0.220. The summed E-state index contributed by atoms with van der Waals surface area (Å²) in [7, 11) is 0. The number of piperazine rings is 1.